The second-order valence-corrected chi connectivity index (χ2v) is 8.16. The van der Waals surface area contributed by atoms with Crippen molar-refractivity contribution in [2.24, 2.45) is 16.8 Å². The van der Waals surface area contributed by atoms with Crippen LogP contribution in [0.15, 0.2) is 35.3 Å². The maximum atomic E-state index is 12.1. The van der Waals surface area contributed by atoms with Crippen LogP contribution in [-0.2, 0) is 16.0 Å². The van der Waals surface area contributed by atoms with Crippen LogP contribution in [0, 0.1) is 11.8 Å². The highest BCUT2D eigenvalue weighted by Gasteiger charge is 2.29. The Morgan fingerprint density at radius 1 is 1.21 bits per heavy atom. The fourth-order valence-electron chi connectivity index (χ4n) is 4.40. The minimum absolute atomic E-state index is 0.0396. The number of esters is 1. The third kappa shape index (κ3) is 6.46. The Bertz CT molecular complexity index is 664. The number of nitrogens with zero attached hydrogens (tertiary/aromatic N) is 3. The van der Waals surface area contributed by atoms with Gasteiger partial charge in [-0.1, -0.05) is 30.3 Å². The van der Waals surface area contributed by atoms with Gasteiger partial charge in [0.25, 0.3) is 0 Å². The van der Waals surface area contributed by atoms with Crippen LogP contribution < -0.4 is 5.32 Å². The molecule has 0 amide bonds. The Hall–Kier alpha value is -2.08. The standard InChI is InChI=1S/C23H36N4O2/c1-3-29-22(28)21-10-7-13-27(18-21)23(24-2)25-16-20-12-15-26(17-20)14-11-19-8-5-4-6-9-19/h4-6,8-9,20-21H,3,7,10-18H2,1-2H3,(H,24,25). The molecule has 29 heavy (non-hydrogen) atoms. The average molecular weight is 401 g/mol. The number of benzene rings is 1. The number of carbonyl (C=O) groups is 1. The predicted octanol–water partition coefficient (Wildman–Crippen LogP) is 2.40. The van der Waals surface area contributed by atoms with Crippen molar-refractivity contribution in [3.8, 4) is 0 Å². The van der Waals surface area contributed by atoms with E-state index < -0.39 is 0 Å². The van der Waals surface area contributed by atoms with E-state index in [0.29, 0.717) is 19.1 Å². The molecule has 3 rings (SSSR count). The van der Waals surface area contributed by atoms with Crippen molar-refractivity contribution in [1.29, 1.82) is 0 Å². The van der Waals surface area contributed by atoms with E-state index in [1.54, 1.807) is 0 Å². The third-order valence-corrected chi connectivity index (χ3v) is 6.03. The van der Waals surface area contributed by atoms with E-state index in [2.05, 4.69) is 50.4 Å². The number of piperidine rings is 1. The summed E-state index contributed by atoms with van der Waals surface area (Å²) < 4.78 is 5.22. The molecule has 0 aliphatic carbocycles. The van der Waals surface area contributed by atoms with Gasteiger partial charge < -0.3 is 19.9 Å². The molecule has 0 saturated carbocycles. The molecule has 6 nitrogen and oxygen atoms in total. The Morgan fingerprint density at radius 2 is 2.03 bits per heavy atom. The number of nitrogens with one attached hydrogen (secondary N) is 1. The molecule has 1 aromatic carbocycles. The Kier molecular flexibility index (Phi) is 8.35. The van der Waals surface area contributed by atoms with Gasteiger partial charge in [0.2, 0.25) is 0 Å². The van der Waals surface area contributed by atoms with E-state index in [0.717, 1.165) is 51.4 Å². The van der Waals surface area contributed by atoms with Gasteiger partial charge in [0.15, 0.2) is 5.96 Å². The highest BCUT2D eigenvalue weighted by molar-refractivity contribution is 5.81. The second-order valence-electron chi connectivity index (χ2n) is 8.16. The van der Waals surface area contributed by atoms with Gasteiger partial charge in [-0.15, -0.1) is 0 Å². The number of rotatable bonds is 7. The normalized spacial score (nSPS) is 23.2. The van der Waals surface area contributed by atoms with Gasteiger partial charge in [0.05, 0.1) is 12.5 Å². The van der Waals surface area contributed by atoms with E-state index in [1.807, 2.05) is 14.0 Å². The first-order chi connectivity index (χ1) is 14.2. The molecule has 160 valence electrons. The van der Waals surface area contributed by atoms with Crippen molar-refractivity contribution in [2.75, 3.05) is 52.9 Å². The monoisotopic (exact) mass is 400 g/mol. The number of hydrogen-bond donors (Lipinski definition) is 1. The van der Waals surface area contributed by atoms with Gasteiger partial charge in [-0.2, -0.15) is 0 Å². The van der Waals surface area contributed by atoms with Gasteiger partial charge in [-0.3, -0.25) is 9.79 Å². The lowest BCUT2D eigenvalue weighted by Gasteiger charge is -2.34. The third-order valence-electron chi connectivity index (χ3n) is 6.03. The largest absolute Gasteiger partial charge is 0.466 e. The summed E-state index contributed by atoms with van der Waals surface area (Å²) in [4.78, 5) is 21.4. The summed E-state index contributed by atoms with van der Waals surface area (Å²) in [6.07, 6.45) is 4.25. The highest BCUT2D eigenvalue weighted by atomic mass is 16.5. The minimum Gasteiger partial charge on any atom is -0.466 e. The molecule has 2 atom stereocenters. The van der Waals surface area contributed by atoms with Crippen molar-refractivity contribution in [1.82, 2.24) is 15.1 Å². The molecule has 2 saturated heterocycles. The summed E-state index contributed by atoms with van der Waals surface area (Å²) in [6, 6.07) is 10.7. The van der Waals surface area contributed by atoms with Crippen molar-refractivity contribution in [2.45, 2.75) is 32.6 Å². The van der Waals surface area contributed by atoms with Crippen LogP contribution in [0.3, 0.4) is 0 Å². The van der Waals surface area contributed by atoms with Crippen LogP contribution in [0.2, 0.25) is 0 Å². The average Bonchev–Trinajstić information content (AvgIpc) is 3.22. The fraction of sp³-hybridized carbons (Fsp3) is 0.652. The summed E-state index contributed by atoms with van der Waals surface area (Å²) in [5, 5.41) is 3.56. The van der Waals surface area contributed by atoms with Gasteiger partial charge in [0.1, 0.15) is 0 Å². The van der Waals surface area contributed by atoms with Crippen LogP contribution >= 0.6 is 0 Å². The Morgan fingerprint density at radius 3 is 2.79 bits per heavy atom. The summed E-state index contributed by atoms with van der Waals surface area (Å²) in [5.74, 6) is 1.45. The molecule has 0 bridgehead atoms. The lowest BCUT2D eigenvalue weighted by atomic mass is 9.98. The fourth-order valence-corrected chi connectivity index (χ4v) is 4.40. The number of likely N-dealkylation sites (tertiary alicyclic amines) is 2. The molecule has 1 aromatic rings. The number of guanidine groups is 1. The zero-order valence-corrected chi connectivity index (χ0v) is 18.0. The van der Waals surface area contributed by atoms with Crippen molar-refractivity contribution in [3.63, 3.8) is 0 Å². The molecular weight excluding hydrogens is 364 g/mol. The molecule has 6 heteroatoms. The highest BCUT2D eigenvalue weighted by Crippen LogP contribution is 2.19. The quantitative estimate of drug-likeness (QED) is 0.433. The van der Waals surface area contributed by atoms with Gasteiger partial charge in [-0.25, -0.2) is 0 Å². The van der Waals surface area contributed by atoms with Crippen LogP contribution in [0.25, 0.3) is 0 Å². The van der Waals surface area contributed by atoms with E-state index in [9.17, 15) is 4.79 Å². The molecule has 2 unspecified atom stereocenters. The van der Waals surface area contributed by atoms with E-state index >= 15 is 0 Å². The zero-order chi connectivity index (χ0) is 20.5. The van der Waals surface area contributed by atoms with Crippen molar-refractivity contribution < 1.29 is 9.53 Å². The molecule has 2 aliphatic rings. The second kappa shape index (κ2) is 11.2. The molecule has 2 fully saturated rings. The van der Waals surface area contributed by atoms with Crippen LogP contribution in [0.1, 0.15) is 31.7 Å². The van der Waals surface area contributed by atoms with Crippen molar-refractivity contribution in [3.05, 3.63) is 35.9 Å². The minimum atomic E-state index is -0.0718. The maximum absolute atomic E-state index is 12.1. The van der Waals surface area contributed by atoms with Gasteiger partial charge in [-0.05, 0) is 50.6 Å². The van der Waals surface area contributed by atoms with Crippen LogP contribution in [0.5, 0.6) is 0 Å². The molecule has 0 radical (unpaired) electrons. The SMILES string of the molecule is CCOC(=O)C1CCCN(C(=NC)NCC2CCN(CCc3ccccc3)C2)C1. The first-order valence-electron chi connectivity index (χ1n) is 11.1. The number of hydrogen-bond acceptors (Lipinski definition) is 4. The summed E-state index contributed by atoms with van der Waals surface area (Å²) in [6.45, 7) is 8.34. The molecule has 2 heterocycles. The molecule has 0 spiro atoms. The summed E-state index contributed by atoms with van der Waals surface area (Å²) >= 11 is 0. The molecule has 1 N–H and O–H groups in total. The van der Waals surface area contributed by atoms with Gasteiger partial charge >= 0.3 is 5.97 Å². The van der Waals surface area contributed by atoms with E-state index in [4.69, 9.17) is 4.74 Å². The maximum Gasteiger partial charge on any atom is 0.310 e. The number of ether oxygens (including phenoxy) is 1. The molecule has 2 aliphatic heterocycles. The lowest BCUT2D eigenvalue weighted by molar-refractivity contribution is -0.149. The smallest absolute Gasteiger partial charge is 0.310 e. The summed E-state index contributed by atoms with van der Waals surface area (Å²) in [7, 11) is 1.83. The van der Waals surface area contributed by atoms with E-state index in [-0.39, 0.29) is 11.9 Å². The number of carbonyl (C=O) groups excluding carboxylic acids is 1. The summed E-state index contributed by atoms with van der Waals surface area (Å²) in [5.41, 5.74) is 1.41. The van der Waals surface area contributed by atoms with Crippen molar-refractivity contribution >= 4 is 11.9 Å². The van der Waals surface area contributed by atoms with Crippen LogP contribution in [-0.4, -0.2) is 74.7 Å². The lowest BCUT2D eigenvalue weighted by Crippen LogP contribution is -2.49. The molecule has 0 aromatic heterocycles. The predicted molar refractivity (Wildman–Crippen MR) is 117 cm³/mol. The molecular formula is C23H36N4O2. The zero-order valence-electron chi connectivity index (χ0n) is 18.0. The first kappa shape index (κ1) is 21.6. The van der Waals surface area contributed by atoms with Gasteiger partial charge in [0, 0.05) is 39.8 Å². The Labute approximate surface area is 175 Å². The Balaban J connectivity index is 1.41. The first-order valence-corrected chi connectivity index (χ1v) is 11.1. The van der Waals surface area contributed by atoms with Crippen LogP contribution in [0.4, 0.5) is 0 Å². The van der Waals surface area contributed by atoms with E-state index in [1.165, 1.54) is 18.5 Å². The number of aliphatic imine (C=N–C) groups is 1. The topological polar surface area (TPSA) is 57.2 Å².